The summed E-state index contributed by atoms with van der Waals surface area (Å²) in [7, 11) is 2.46. The van der Waals surface area contributed by atoms with Crippen LogP contribution in [0.3, 0.4) is 0 Å². The van der Waals surface area contributed by atoms with Gasteiger partial charge in [-0.05, 0) is 24.6 Å². The Balaban J connectivity index is 3.09. The third kappa shape index (κ3) is 4.13. The van der Waals surface area contributed by atoms with Gasteiger partial charge in [0, 0.05) is 7.11 Å². The van der Waals surface area contributed by atoms with E-state index in [0.717, 1.165) is 12.7 Å². The number of halogens is 1. The first-order valence-corrected chi connectivity index (χ1v) is 5.66. The molecule has 0 saturated heterocycles. The molecule has 0 fully saturated rings. The van der Waals surface area contributed by atoms with Crippen molar-refractivity contribution in [3.05, 3.63) is 41.0 Å². The third-order valence-corrected chi connectivity index (χ3v) is 2.29. The fraction of sp³-hybridized carbons (Fsp3) is 0.308. The Morgan fingerprint density at radius 2 is 2.10 bits per heavy atom. The van der Waals surface area contributed by atoms with E-state index in [9.17, 15) is 14.3 Å². The molecular weight excluding hydrogens is 267 g/mol. The van der Waals surface area contributed by atoms with Gasteiger partial charge in [-0.3, -0.25) is 0 Å². The lowest BCUT2D eigenvalue weighted by atomic mass is 10.2. The fourth-order valence-electron chi connectivity index (χ4n) is 1.32. The fourth-order valence-corrected chi connectivity index (χ4v) is 1.32. The first kappa shape index (κ1) is 15.8. The molecule has 0 atom stereocenters. The van der Waals surface area contributed by atoms with Gasteiger partial charge in [0.1, 0.15) is 12.3 Å². The van der Waals surface area contributed by atoms with Crippen LogP contribution in [-0.4, -0.2) is 31.9 Å². The summed E-state index contributed by atoms with van der Waals surface area (Å²) in [4.78, 5) is 11.4. The second-order valence-corrected chi connectivity index (χ2v) is 3.87. The molecule has 6 nitrogen and oxygen atoms in total. The molecule has 0 unspecified atom stereocenters. The van der Waals surface area contributed by atoms with Gasteiger partial charge in [-0.1, -0.05) is 6.07 Å². The van der Waals surface area contributed by atoms with E-state index in [0.29, 0.717) is 0 Å². The number of esters is 1. The molecule has 1 aromatic rings. The molecule has 20 heavy (non-hydrogen) atoms. The molecule has 0 heterocycles. The predicted molar refractivity (Wildman–Crippen MR) is 69.2 cm³/mol. The zero-order chi connectivity index (χ0) is 15.1. The van der Waals surface area contributed by atoms with E-state index >= 15 is 0 Å². The molecule has 0 aliphatic carbocycles. The maximum absolute atomic E-state index is 13.6. The van der Waals surface area contributed by atoms with Gasteiger partial charge >= 0.3 is 5.97 Å². The minimum absolute atomic E-state index is 0.0535. The first-order valence-electron chi connectivity index (χ1n) is 5.66. The maximum atomic E-state index is 13.6. The third-order valence-electron chi connectivity index (χ3n) is 2.29. The van der Waals surface area contributed by atoms with Crippen LogP contribution in [0.1, 0.15) is 5.56 Å². The molecule has 0 saturated carbocycles. The van der Waals surface area contributed by atoms with Crippen LogP contribution < -0.4 is 0 Å². The molecule has 1 rings (SSSR count). The normalized spacial score (nSPS) is 12.4. The number of hydrogen-bond donors (Lipinski definition) is 1. The average Bonchev–Trinajstić information content (AvgIpc) is 2.41. The molecule has 0 aliphatic heterocycles. The minimum atomic E-state index is -0.893. The molecule has 108 valence electrons. The van der Waals surface area contributed by atoms with Crippen molar-refractivity contribution in [1.29, 1.82) is 0 Å². The van der Waals surface area contributed by atoms with Crippen molar-refractivity contribution in [3.8, 4) is 0 Å². The molecular formula is C13H15FN2O4. The van der Waals surface area contributed by atoms with E-state index in [1.807, 2.05) is 0 Å². The van der Waals surface area contributed by atoms with Crippen LogP contribution in [0, 0.1) is 12.7 Å². The highest BCUT2D eigenvalue weighted by atomic mass is 19.1. The van der Waals surface area contributed by atoms with Crippen LogP contribution in [0.25, 0.3) is 0 Å². The van der Waals surface area contributed by atoms with Crippen LogP contribution in [-0.2, 0) is 14.3 Å². The van der Waals surface area contributed by atoms with Crippen LogP contribution in [0.4, 0.5) is 10.1 Å². The standard InChI is InChI=1S/C13H15FN2O4/c1-8-4-5-10(9(14)6-8)15-16-12(13(18)20-3)11(17)7-19-2/h4-6,17H,7H2,1-3H3. The number of ether oxygens (including phenoxy) is 2. The summed E-state index contributed by atoms with van der Waals surface area (Å²) in [5, 5.41) is 16.7. The van der Waals surface area contributed by atoms with Gasteiger partial charge in [-0.15, -0.1) is 10.2 Å². The van der Waals surface area contributed by atoms with Crippen LogP contribution in [0.2, 0.25) is 0 Å². The monoisotopic (exact) mass is 282 g/mol. The van der Waals surface area contributed by atoms with Crippen LogP contribution >= 0.6 is 0 Å². The zero-order valence-corrected chi connectivity index (χ0v) is 11.4. The van der Waals surface area contributed by atoms with Crippen molar-refractivity contribution < 1.29 is 23.8 Å². The number of aryl methyl sites for hydroxylation is 1. The Morgan fingerprint density at radius 1 is 1.40 bits per heavy atom. The lowest BCUT2D eigenvalue weighted by Crippen LogP contribution is -2.08. The van der Waals surface area contributed by atoms with E-state index in [2.05, 4.69) is 19.7 Å². The Bertz CT molecular complexity index is 555. The Morgan fingerprint density at radius 3 is 2.65 bits per heavy atom. The van der Waals surface area contributed by atoms with Gasteiger partial charge in [0.25, 0.3) is 0 Å². The number of hydrogen-bond acceptors (Lipinski definition) is 6. The molecule has 0 spiro atoms. The summed E-state index contributed by atoms with van der Waals surface area (Å²) in [5.41, 5.74) is 0.240. The van der Waals surface area contributed by atoms with Gasteiger partial charge < -0.3 is 14.6 Å². The van der Waals surface area contributed by atoms with Gasteiger partial charge in [-0.25, -0.2) is 9.18 Å². The second-order valence-electron chi connectivity index (χ2n) is 3.87. The summed E-state index contributed by atoms with van der Waals surface area (Å²) in [6.07, 6.45) is 0. The smallest absolute Gasteiger partial charge is 0.362 e. The number of methoxy groups -OCH3 is 2. The average molecular weight is 282 g/mol. The molecule has 0 aliphatic rings. The van der Waals surface area contributed by atoms with E-state index in [1.165, 1.54) is 19.2 Å². The Labute approximate surface area is 115 Å². The van der Waals surface area contributed by atoms with Gasteiger partial charge in [0.2, 0.25) is 5.70 Å². The number of carbonyl (C=O) groups is 1. The number of aliphatic hydroxyl groups excluding tert-OH is 1. The summed E-state index contributed by atoms with van der Waals surface area (Å²) < 4.78 is 22.7. The Kier molecular flexibility index (Phi) is 5.79. The minimum Gasteiger partial charge on any atom is -0.507 e. The first-order chi connectivity index (χ1) is 9.49. The SMILES string of the molecule is COCC(O)=C(N=Nc1ccc(C)cc1F)C(=O)OC. The predicted octanol–water partition coefficient (Wildman–Crippen LogP) is 2.81. The Hall–Kier alpha value is -2.28. The van der Waals surface area contributed by atoms with Gasteiger partial charge in [0.05, 0.1) is 7.11 Å². The van der Waals surface area contributed by atoms with Crippen LogP contribution in [0.5, 0.6) is 0 Å². The summed E-state index contributed by atoms with van der Waals surface area (Å²) in [6.45, 7) is 1.49. The van der Waals surface area contributed by atoms with E-state index < -0.39 is 23.2 Å². The zero-order valence-electron chi connectivity index (χ0n) is 11.4. The number of nitrogens with zero attached hydrogens (tertiary/aromatic N) is 2. The van der Waals surface area contributed by atoms with Crippen molar-refractivity contribution in [1.82, 2.24) is 0 Å². The highest BCUT2D eigenvalue weighted by molar-refractivity contribution is 5.88. The quantitative estimate of drug-likeness (QED) is 0.390. The van der Waals surface area contributed by atoms with Crippen molar-refractivity contribution in [2.75, 3.05) is 20.8 Å². The molecule has 0 bridgehead atoms. The van der Waals surface area contributed by atoms with Crippen molar-refractivity contribution in [2.24, 2.45) is 10.2 Å². The topological polar surface area (TPSA) is 80.5 Å². The second kappa shape index (κ2) is 7.34. The summed E-state index contributed by atoms with van der Waals surface area (Å²) >= 11 is 0. The van der Waals surface area contributed by atoms with E-state index in [-0.39, 0.29) is 12.3 Å². The van der Waals surface area contributed by atoms with E-state index in [1.54, 1.807) is 13.0 Å². The largest absolute Gasteiger partial charge is 0.507 e. The molecule has 7 heteroatoms. The lowest BCUT2D eigenvalue weighted by molar-refractivity contribution is -0.136. The van der Waals surface area contributed by atoms with Crippen molar-refractivity contribution >= 4 is 11.7 Å². The summed E-state index contributed by atoms with van der Waals surface area (Å²) in [6, 6.07) is 4.34. The number of carbonyl (C=O) groups excluding carboxylic acids is 1. The van der Waals surface area contributed by atoms with Gasteiger partial charge in [-0.2, -0.15) is 0 Å². The summed E-state index contributed by atoms with van der Waals surface area (Å²) in [5.74, 6) is -1.92. The van der Waals surface area contributed by atoms with Crippen molar-refractivity contribution in [2.45, 2.75) is 6.92 Å². The highest BCUT2D eigenvalue weighted by Gasteiger charge is 2.16. The number of rotatable bonds is 5. The molecule has 1 aromatic carbocycles. The van der Waals surface area contributed by atoms with Crippen molar-refractivity contribution in [3.63, 3.8) is 0 Å². The number of benzene rings is 1. The number of azo groups is 1. The van der Waals surface area contributed by atoms with Crippen LogP contribution in [0.15, 0.2) is 39.9 Å². The molecule has 0 amide bonds. The molecule has 0 aromatic heterocycles. The molecule has 1 N–H and O–H groups in total. The maximum Gasteiger partial charge on any atom is 0.362 e. The van der Waals surface area contributed by atoms with Gasteiger partial charge in [0.15, 0.2) is 11.6 Å². The van der Waals surface area contributed by atoms with E-state index in [4.69, 9.17) is 0 Å². The lowest BCUT2D eigenvalue weighted by Gasteiger charge is -2.03. The highest BCUT2D eigenvalue weighted by Crippen LogP contribution is 2.20. The number of aliphatic hydroxyl groups is 1. The molecule has 0 radical (unpaired) electrons.